The van der Waals surface area contributed by atoms with E-state index in [-0.39, 0.29) is 11.3 Å². The van der Waals surface area contributed by atoms with E-state index in [0.29, 0.717) is 18.8 Å². The van der Waals surface area contributed by atoms with Crippen molar-refractivity contribution in [3.05, 3.63) is 70.3 Å². The minimum atomic E-state index is -0.128. The number of benzene rings is 1. The third kappa shape index (κ3) is 3.64. The molecule has 1 fully saturated rings. The fourth-order valence-electron chi connectivity index (χ4n) is 2.72. The van der Waals surface area contributed by atoms with Gasteiger partial charge < -0.3 is 9.32 Å². The highest BCUT2D eigenvalue weighted by molar-refractivity contribution is 9.10. The summed E-state index contributed by atoms with van der Waals surface area (Å²) in [5, 5.41) is 8.37. The third-order valence-electron chi connectivity index (χ3n) is 3.94. The Labute approximate surface area is 157 Å². The van der Waals surface area contributed by atoms with E-state index >= 15 is 0 Å². The van der Waals surface area contributed by atoms with Crippen LogP contribution >= 0.6 is 27.7 Å². The Balaban J connectivity index is 1.50. The molecule has 0 saturated carbocycles. The molecule has 1 aliphatic rings. The second-order valence-electron chi connectivity index (χ2n) is 5.73. The standard InChI is InChI=1S/C17H15BrN4O2S/c18-13-5-3-12(4-6-13)8-21-10-15(19-20-21)17-22(16(23)11-25-17)9-14-2-1-7-24-14/h1-7,10,17H,8-9,11H2. The van der Waals surface area contributed by atoms with Crippen molar-refractivity contribution >= 4 is 33.6 Å². The van der Waals surface area contributed by atoms with E-state index in [0.717, 1.165) is 21.5 Å². The summed E-state index contributed by atoms with van der Waals surface area (Å²) in [6.07, 6.45) is 3.53. The smallest absolute Gasteiger partial charge is 0.234 e. The lowest BCUT2D eigenvalue weighted by Gasteiger charge is -2.20. The van der Waals surface area contributed by atoms with Crippen LogP contribution in [0.25, 0.3) is 0 Å². The Kier molecular flexibility index (Phi) is 4.63. The molecule has 4 rings (SSSR count). The van der Waals surface area contributed by atoms with Gasteiger partial charge in [0.1, 0.15) is 16.8 Å². The lowest BCUT2D eigenvalue weighted by atomic mass is 10.2. The highest BCUT2D eigenvalue weighted by atomic mass is 79.9. The molecular formula is C17H15BrN4O2S. The predicted octanol–water partition coefficient (Wildman–Crippen LogP) is 3.46. The number of carbonyl (C=O) groups is 1. The fourth-order valence-corrected chi connectivity index (χ4v) is 4.10. The summed E-state index contributed by atoms with van der Waals surface area (Å²) >= 11 is 5.00. The average molecular weight is 419 g/mol. The molecule has 1 unspecified atom stereocenters. The molecule has 3 heterocycles. The van der Waals surface area contributed by atoms with Crippen LogP contribution in [0.1, 0.15) is 22.4 Å². The lowest BCUT2D eigenvalue weighted by Crippen LogP contribution is -2.27. The fraction of sp³-hybridized carbons (Fsp3) is 0.235. The Hall–Kier alpha value is -2.06. The molecule has 1 atom stereocenters. The van der Waals surface area contributed by atoms with Gasteiger partial charge in [-0.05, 0) is 29.8 Å². The Bertz CT molecular complexity index is 863. The van der Waals surface area contributed by atoms with Crippen LogP contribution < -0.4 is 0 Å². The first-order valence-corrected chi connectivity index (χ1v) is 9.61. The van der Waals surface area contributed by atoms with Crippen LogP contribution in [0.3, 0.4) is 0 Å². The quantitative estimate of drug-likeness (QED) is 0.634. The molecule has 0 radical (unpaired) electrons. The van der Waals surface area contributed by atoms with Crippen molar-refractivity contribution in [3.63, 3.8) is 0 Å². The second kappa shape index (κ2) is 7.05. The Morgan fingerprint density at radius 3 is 2.84 bits per heavy atom. The van der Waals surface area contributed by atoms with E-state index < -0.39 is 0 Å². The van der Waals surface area contributed by atoms with Gasteiger partial charge in [-0.25, -0.2) is 4.68 Å². The van der Waals surface area contributed by atoms with Gasteiger partial charge in [-0.1, -0.05) is 33.3 Å². The van der Waals surface area contributed by atoms with Crippen molar-refractivity contribution in [1.29, 1.82) is 0 Å². The van der Waals surface area contributed by atoms with Crippen LogP contribution in [0.4, 0.5) is 0 Å². The van der Waals surface area contributed by atoms with Crippen molar-refractivity contribution in [1.82, 2.24) is 19.9 Å². The molecular weight excluding hydrogens is 404 g/mol. The third-order valence-corrected chi connectivity index (χ3v) is 5.70. The van der Waals surface area contributed by atoms with Crippen LogP contribution in [-0.2, 0) is 17.9 Å². The van der Waals surface area contributed by atoms with E-state index in [1.54, 1.807) is 27.6 Å². The van der Waals surface area contributed by atoms with Crippen molar-refractivity contribution < 1.29 is 9.21 Å². The number of carbonyl (C=O) groups excluding carboxylic acids is 1. The van der Waals surface area contributed by atoms with Crippen LogP contribution in [0.15, 0.2) is 57.7 Å². The number of rotatable bonds is 5. The van der Waals surface area contributed by atoms with Gasteiger partial charge in [-0.3, -0.25) is 4.79 Å². The number of thioether (sulfide) groups is 1. The number of halogens is 1. The Morgan fingerprint density at radius 2 is 2.08 bits per heavy atom. The van der Waals surface area contributed by atoms with Gasteiger partial charge in [0.25, 0.3) is 0 Å². The number of aromatic nitrogens is 3. The van der Waals surface area contributed by atoms with Crippen molar-refractivity contribution in [2.45, 2.75) is 18.5 Å². The Morgan fingerprint density at radius 1 is 1.24 bits per heavy atom. The highest BCUT2D eigenvalue weighted by Crippen LogP contribution is 2.38. The molecule has 3 aromatic rings. The normalized spacial score (nSPS) is 17.4. The number of nitrogens with zero attached hydrogens (tertiary/aromatic N) is 4. The first kappa shape index (κ1) is 16.4. The molecule has 2 aromatic heterocycles. The van der Waals surface area contributed by atoms with Gasteiger partial charge in [-0.2, -0.15) is 0 Å². The SMILES string of the molecule is O=C1CSC(c2cn(Cc3ccc(Br)cc3)nn2)N1Cc1ccco1. The maximum absolute atomic E-state index is 12.2. The van der Waals surface area contributed by atoms with Crippen molar-refractivity contribution in [3.8, 4) is 0 Å². The molecule has 1 aromatic carbocycles. The molecule has 1 aliphatic heterocycles. The number of hydrogen-bond donors (Lipinski definition) is 0. The van der Waals surface area contributed by atoms with E-state index in [4.69, 9.17) is 4.42 Å². The first-order chi connectivity index (χ1) is 12.2. The maximum Gasteiger partial charge on any atom is 0.234 e. The maximum atomic E-state index is 12.2. The topological polar surface area (TPSA) is 64.2 Å². The molecule has 25 heavy (non-hydrogen) atoms. The number of amides is 1. The van der Waals surface area contributed by atoms with Gasteiger partial charge in [0.05, 0.1) is 31.3 Å². The van der Waals surface area contributed by atoms with Gasteiger partial charge in [0.15, 0.2) is 0 Å². The van der Waals surface area contributed by atoms with Crippen molar-refractivity contribution in [2.24, 2.45) is 0 Å². The van der Waals surface area contributed by atoms with Gasteiger partial charge in [-0.15, -0.1) is 16.9 Å². The summed E-state index contributed by atoms with van der Waals surface area (Å²) < 4.78 is 8.22. The highest BCUT2D eigenvalue weighted by Gasteiger charge is 2.35. The van der Waals surface area contributed by atoms with Crippen LogP contribution in [-0.4, -0.2) is 31.6 Å². The van der Waals surface area contributed by atoms with E-state index in [1.165, 1.54) is 0 Å². The summed E-state index contributed by atoms with van der Waals surface area (Å²) in [6.45, 7) is 1.09. The summed E-state index contributed by atoms with van der Waals surface area (Å²) in [4.78, 5) is 14.0. The zero-order valence-corrected chi connectivity index (χ0v) is 15.6. The van der Waals surface area contributed by atoms with Gasteiger partial charge in [0, 0.05) is 4.47 Å². The van der Waals surface area contributed by atoms with Gasteiger partial charge in [0.2, 0.25) is 5.91 Å². The predicted molar refractivity (Wildman–Crippen MR) is 97.7 cm³/mol. The number of hydrogen-bond acceptors (Lipinski definition) is 5. The molecule has 1 amide bonds. The number of furan rings is 1. The molecule has 6 nitrogen and oxygen atoms in total. The molecule has 1 saturated heterocycles. The van der Waals surface area contributed by atoms with E-state index in [9.17, 15) is 4.79 Å². The lowest BCUT2D eigenvalue weighted by molar-refractivity contribution is -0.128. The van der Waals surface area contributed by atoms with Crippen LogP contribution in [0.2, 0.25) is 0 Å². The summed E-state index contributed by atoms with van der Waals surface area (Å²) in [7, 11) is 0. The van der Waals surface area contributed by atoms with Crippen LogP contribution in [0.5, 0.6) is 0 Å². The summed E-state index contributed by atoms with van der Waals surface area (Å²) in [5.74, 6) is 1.31. The zero-order chi connectivity index (χ0) is 17.2. The molecule has 0 N–H and O–H groups in total. The zero-order valence-electron chi connectivity index (χ0n) is 13.2. The van der Waals surface area contributed by atoms with Crippen molar-refractivity contribution in [2.75, 3.05) is 5.75 Å². The van der Waals surface area contributed by atoms with E-state index in [2.05, 4.69) is 26.2 Å². The molecule has 0 aliphatic carbocycles. The molecule has 0 spiro atoms. The van der Waals surface area contributed by atoms with Crippen LogP contribution in [0, 0.1) is 0 Å². The largest absolute Gasteiger partial charge is 0.467 e. The molecule has 128 valence electrons. The average Bonchev–Trinajstić information content (AvgIpc) is 3.34. The minimum absolute atomic E-state index is 0.0915. The first-order valence-electron chi connectivity index (χ1n) is 7.77. The molecule has 8 heteroatoms. The molecule has 0 bridgehead atoms. The van der Waals surface area contributed by atoms with E-state index in [1.807, 2.05) is 42.6 Å². The minimum Gasteiger partial charge on any atom is -0.467 e. The monoisotopic (exact) mass is 418 g/mol. The summed E-state index contributed by atoms with van der Waals surface area (Å²) in [6, 6.07) is 11.8. The second-order valence-corrected chi connectivity index (χ2v) is 7.72. The summed E-state index contributed by atoms with van der Waals surface area (Å²) in [5.41, 5.74) is 1.93. The van der Waals surface area contributed by atoms with Gasteiger partial charge >= 0.3 is 0 Å².